The van der Waals surface area contributed by atoms with Gasteiger partial charge in [-0.3, -0.25) is 9.36 Å². The lowest BCUT2D eigenvalue weighted by Gasteiger charge is -2.31. The zero-order chi connectivity index (χ0) is 22.5. The summed E-state index contributed by atoms with van der Waals surface area (Å²) < 4.78 is 1.63. The van der Waals surface area contributed by atoms with Crippen LogP contribution in [0.4, 0.5) is 28.8 Å². The summed E-state index contributed by atoms with van der Waals surface area (Å²) in [7, 11) is 1.92. The molecule has 0 bridgehead atoms. The third-order valence-corrected chi connectivity index (χ3v) is 6.50. The number of carbonyl (C=O) groups is 1. The average Bonchev–Trinajstić information content (AvgIpc) is 3.24. The van der Waals surface area contributed by atoms with Gasteiger partial charge in [-0.15, -0.1) is 0 Å². The van der Waals surface area contributed by atoms with E-state index in [1.54, 1.807) is 10.8 Å². The summed E-state index contributed by atoms with van der Waals surface area (Å²) in [6.45, 7) is 1.72. The van der Waals surface area contributed by atoms with Crippen LogP contribution in [0, 0.1) is 0 Å². The molecule has 2 aromatic heterocycles. The zero-order valence-electron chi connectivity index (χ0n) is 18.3. The van der Waals surface area contributed by atoms with Gasteiger partial charge in [-0.1, -0.05) is 12.1 Å². The number of para-hydroxylation sites is 1. The lowest BCUT2D eigenvalue weighted by atomic mass is 10.1. The van der Waals surface area contributed by atoms with Crippen LogP contribution in [-0.4, -0.2) is 51.8 Å². The largest absolute Gasteiger partial charge is 0.393 e. The van der Waals surface area contributed by atoms with E-state index in [1.807, 2.05) is 54.4 Å². The number of nitrogens with one attached hydrogen (secondary N) is 1. The Balaban J connectivity index is 1.33. The zero-order valence-corrected chi connectivity index (χ0v) is 18.3. The molecule has 0 unspecified atom stereocenters. The topological polar surface area (TPSA) is 86.5 Å². The summed E-state index contributed by atoms with van der Waals surface area (Å²) >= 11 is 0. The molecule has 8 nitrogen and oxygen atoms in total. The number of carbonyl (C=O) groups excluding carboxylic acids is 1. The molecule has 2 N–H and O–H groups in total. The third-order valence-electron chi connectivity index (χ3n) is 6.50. The molecule has 0 atom stereocenters. The van der Waals surface area contributed by atoms with Crippen molar-refractivity contribution in [3.05, 3.63) is 66.4 Å². The highest BCUT2D eigenvalue weighted by atomic mass is 16.3. The molecule has 0 saturated carbocycles. The van der Waals surface area contributed by atoms with Crippen molar-refractivity contribution in [2.45, 2.75) is 18.9 Å². The van der Waals surface area contributed by atoms with Crippen LogP contribution in [0.5, 0.6) is 0 Å². The Labute approximate surface area is 191 Å². The number of aliphatic hydroxyl groups is 1. The molecule has 1 saturated heterocycles. The van der Waals surface area contributed by atoms with Crippen LogP contribution >= 0.6 is 0 Å². The Morgan fingerprint density at radius 1 is 1.00 bits per heavy atom. The van der Waals surface area contributed by atoms with E-state index in [4.69, 9.17) is 4.98 Å². The molecular weight excluding hydrogens is 416 g/mol. The van der Waals surface area contributed by atoms with Crippen LogP contribution in [0.2, 0.25) is 0 Å². The van der Waals surface area contributed by atoms with Crippen LogP contribution in [0.1, 0.15) is 23.2 Å². The molecule has 2 aromatic carbocycles. The van der Waals surface area contributed by atoms with E-state index in [0.717, 1.165) is 43.0 Å². The highest BCUT2D eigenvalue weighted by molar-refractivity contribution is 6.10. The van der Waals surface area contributed by atoms with Crippen LogP contribution in [0.15, 0.2) is 60.8 Å². The first-order valence-electron chi connectivity index (χ1n) is 11.1. The monoisotopic (exact) mass is 440 g/mol. The fraction of sp³-hybridized carbons (Fsp3) is 0.240. The molecule has 2 aliphatic heterocycles. The number of hydrogen-bond donors (Lipinski definition) is 2. The Hall–Kier alpha value is -3.91. The fourth-order valence-electron chi connectivity index (χ4n) is 4.69. The van der Waals surface area contributed by atoms with E-state index < -0.39 is 0 Å². The Morgan fingerprint density at radius 2 is 1.76 bits per heavy atom. The quantitative estimate of drug-likeness (QED) is 0.500. The van der Waals surface area contributed by atoms with Gasteiger partial charge >= 0.3 is 0 Å². The van der Waals surface area contributed by atoms with Crippen molar-refractivity contribution in [3.63, 3.8) is 0 Å². The minimum Gasteiger partial charge on any atom is -0.393 e. The molecule has 0 spiro atoms. The number of aromatic nitrogens is 3. The molecule has 0 amide bonds. The molecule has 2 aliphatic rings. The van der Waals surface area contributed by atoms with Crippen LogP contribution < -0.4 is 15.1 Å². The van der Waals surface area contributed by atoms with Gasteiger partial charge in [-0.2, -0.15) is 4.98 Å². The number of benzene rings is 2. The third kappa shape index (κ3) is 3.30. The van der Waals surface area contributed by atoms with Crippen molar-refractivity contribution >= 4 is 45.8 Å². The number of nitrogens with zero attached hydrogens (tertiary/aromatic N) is 5. The summed E-state index contributed by atoms with van der Waals surface area (Å²) in [6.07, 6.45) is 3.18. The van der Waals surface area contributed by atoms with Crippen molar-refractivity contribution in [2.75, 3.05) is 35.3 Å². The fourth-order valence-corrected chi connectivity index (χ4v) is 4.69. The normalized spacial score (nSPS) is 16.1. The van der Waals surface area contributed by atoms with Crippen molar-refractivity contribution in [3.8, 4) is 0 Å². The molecule has 4 heterocycles. The molecule has 8 heteroatoms. The van der Waals surface area contributed by atoms with E-state index >= 15 is 0 Å². The lowest BCUT2D eigenvalue weighted by Crippen LogP contribution is -2.35. The number of aliphatic hydroxyl groups excluding tert-OH is 1. The maximum Gasteiger partial charge on any atom is 0.264 e. The van der Waals surface area contributed by atoms with Gasteiger partial charge in [0.2, 0.25) is 5.95 Å². The summed E-state index contributed by atoms with van der Waals surface area (Å²) in [6, 6.07) is 17.6. The van der Waals surface area contributed by atoms with Crippen molar-refractivity contribution < 1.29 is 9.90 Å². The summed E-state index contributed by atoms with van der Waals surface area (Å²) in [5.74, 6) is 1.06. The molecule has 0 aliphatic carbocycles. The molecular formula is C25H24N6O2. The van der Waals surface area contributed by atoms with E-state index in [2.05, 4.69) is 27.3 Å². The van der Waals surface area contributed by atoms with Gasteiger partial charge in [0, 0.05) is 37.7 Å². The summed E-state index contributed by atoms with van der Waals surface area (Å²) in [5, 5.41) is 13.1. The van der Waals surface area contributed by atoms with Gasteiger partial charge in [-0.25, -0.2) is 4.98 Å². The van der Waals surface area contributed by atoms with Gasteiger partial charge in [0.05, 0.1) is 22.9 Å². The van der Waals surface area contributed by atoms with Gasteiger partial charge < -0.3 is 20.2 Å². The SMILES string of the molecule is CN1c2ccccc2C(=O)n2ccc3nc(Nc4ccc(N5CCC(O)CC5)cc4)nc1c32. The predicted molar refractivity (Wildman–Crippen MR) is 129 cm³/mol. The average molecular weight is 441 g/mol. The molecule has 6 rings (SSSR count). The van der Waals surface area contributed by atoms with Gasteiger partial charge in [-0.05, 0) is 55.3 Å². The van der Waals surface area contributed by atoms with E-state index in [1.165, 1.54) is 0 Å². The summed E-state index contributed by atoms with van der Waals surface area (Å²) in [4.78, 5) is 26.8. The number of anilines is 5. The second kappa shape index (κ2) is 7.60. The highest BCUT2D eigenvalue weighted by Gasteiger charge is 2.27. The molecule has 166 valence electrons. The number of piperidine rings is 1. The number of hydrogen-bond acceptors (Lipinski definition) is 7. The molecule has 33 heavy (non-hydrogen) atoms. The Bertz CT molecular complexity index is 1360. The van der Waals surface area contributed by atoms with E-state index in [9.17, 15) is 9.90 Å². The van der Waals surface area contributed by atoms with Gasteiger partial charge in [0.25, 0.3) is 5.91 Å². The minimum atomic E-state index is -0.185. The van der Waals surface area contributed by atoms with E-state index in [0.29, 0.717) is 28.4 Å². The predicted octanol–water partition coefficient (Wildman–Crippen LogP) is 3.91. The highest BCUT2D eigenvalue weighted by Crippen LogP contribution is 2.36. The molecule has 1 fully saturated rings. The van der Waals surface area contributed by atoms with Crippen molar-refractivity contribution in [1.29, 1.82) is 0 Å². The van der Waals surface area contributed by atoms with Crippen LogP contribution in [0.3, 0.4) is 0 Å². The van der Waals surface area contributed by atoms with Gasteiger partial charge in [0.1, 0.15) is 5.52 Å². The minimum absolute atomic E-state index is 0.0867. The number of rotatable bonds is 3. The van der Waals surface area contributed by atoms with Crippen molar-refractivity contribution in [1.82, 2.24) is 14.5 Å². The second-order valence-electron chi connectivity index (χ2n) is 8.56. The maximum absolute atomic E-state index is 13.1. The lowest BCUT2D eigenvalue weighted by molar-refractivity contribution is 0.0966. The summed E-state index contributed by atoms with van der Waals surface area (Å²) in [5.41, 5.74) is 4.88. The maximum atomic E-state index is 13.1. The van der Waals surface area contributed by atoms with Crippen LogP contribution in [-0.2, 0) is 0 Å². The first kappa shape index (κ1) is 19.8. The van der Waals surface area contributed by atoms with Crippen LogP contribution in [0.25, 0.3) is 11.0 Å². The standard InChI is InChI=1S/C25H24N6O2/c1-29-21-5-3-2-4-19(21)24(33)31-15-12-20-22(31)23(29)28-25(27-20)26-16-6-8-17(9-7-16)30-13-10-18(32)11-14-30/h2-9,12,15,18,32H,10-11,13-14H2,1H3,(H,26,27,28). The van der Waals surface area contributed by atoms with Gasteiger partial charge in [0.15, 0.2) is 5.82 Å². The molecule has 4 aromatic rings. The second-order valence-corrected chi connectivity index (χ2v) is 8.56. The Morgan fingerprint density at radius 3 is 2.55 bits per heavy atom. The smallest absolute Gasteiger partial charge is 0.264 e. The number of fused-ring (bicyclic) bond motifs is 1. The first-order chi connectivity index (χ1) is 16.1. The van der Waals surface area contributed by atoms with E-state index in [-0.39, 0.29) is 12.0 Å². The Kier molecular flexibility index (Phi) is 4.55. The first-order valence-corrected chi connectivity index (χ1v) is 11.1. The van der Waals surface area contributed by atoms with Crippen molar-refractivity contribution in [2.24, 2.45) is 0 Å². The molecule has 0 radical (unpaired) electrons.